The number of aryl methyl sites for hydroxylation is 1. The number of halogens is 1. The summed E-state index contributed by atoms with van der Waals surface area (Å²) >= 11 is 6.18. The molecule has 0 radical (unpaired) electrons. The lowest BCUT2D eigenvalue weighted by Gasteiger charge is -2.34. The Kier molecular flexibility index (Phi) is 5.59. The molecular formula is C20H21ClN2O3. The normalized spacial score (nSPS) is 16.7. The van der Waals surface area contributed by atoms with E-state index in [-0.39, 0.29) is 18.4 Å². The van der Waals surface area contributed by atoms with Crippen LogP contribution in [0, 0.1) is 6.92 Å². The molecule has 5 nitrogen and oxygen atoms in total. The highest BCUT2D eigenvalue weighted by Crippen LogP contribution is 2.25. The number of benzene rings is 2. The van der Waals surface area contributed by atoms with Crippen molar-refractivity contribution in [2.24, 2.45) is 0 Å². The molecule has 0 bridgehead atoms. The summed E-state index contributed by atoms with van der Waals surface area (Å²) in [6.07, 6.45) is 0.529. The SMILES string of the molecule is COC(=O)[C@@H]1Cc2ccccc2CN1CC(=O)Nc1ccc(C)cc1Cl. The number of hydrogen-bond acceptors (Lipinski definition) is 4. The maximum absolute atomic E-state index is 12.5. The third kappa shape index (κ3) is 4.06. The molecule has 0 aromatic heterocycles. The van der Waals surface area contributed by atoms with Gasteiger partial charge in [0.1, 0.15) is 6.04 Å². The number of anilines is 1. The van der Waals surface area contributed by atoms with E-state index in [0.29, 0.717) is 23.7 Å². The first kappa shape index (κ1) is 18.4. The summed E-state index contributed by atoms with van der Waals surface area (Å²) in [7, 11) is 1.37. The maximum atomic E-state index is 12.5. The van der Waals surface area contributed by atoms with E-state index in [4.69, 9.17) is 16.3 Å². The van der Waals surface area contributed by atoms with E-state index >= 15 is 0 Å². The van der Waals surface area contributed by atoms with Crippen molar-refractivity contribution in [2.45, 2.75) is 25.9 Å². The molecule has 0 aliphatic carbocycles. The standard InChI is InChI=1S/C20H21ClN2O3/c1-13-7-8-17(16(21)9-13)22-19(24)12-23-11-15-6-4-3-5-14(15)10-18(23)20(25)26-2/h3-9,18H,10-12H2,1-2H3,(H,22,24)/t18-/m0/s1. The van der Waals surface area contributed by atoms with Crippen LogP contribution in [0.25, 0.3) is 0 Å². The van der Waals surface area contributed by atoms with Crippen LogP contribution in [0.3, 0.4) is 0 Å². The molecule has 1 heterocycles. The van der Waals surface area contributed by atoms with Crippen LogP contribution in [-0.4, -0.2) is 36.5 Å². The molecular weight excluding hydrogens is 352 g/mol. The van der Waals surface area contributed by atoms with Gasteiger partial charge >= 0.3 is 5.97 Å². The Bertz CT molecular complexity index is 838. The number of amides is 1. The van der Waals surface area contributed by atoms with E-state index in [1.54, 1.807) is 12.1 Å². The van der Waals surface area contributed by atoms with Gasteiger partial charge in [-0.05, 0) is 42.2 Å². The minimum absolute atomic E-state index is 0.0817. The van der Waals surface area contributed by atoms with E-state index in [9.17, 15) is 9.59 Å². The highest BCUT2D eigenvalue weighted by atomic mass is 35.5. The molecule has 0 saturated heterocycles. The highest BCUT2D eigenvalue weighted by molar-refractivity contribution is 6.33. The first-order chi connectivity index (χ1) is 12.5. The molecule has 0 saturated carbocycles. The van der Waals surface area contributed by atoms with Crippen LogP contribution in [0.2, 0.25) is 5.02 Å². The largest absolute Gasteiger partial charge is 0.468 e. The highest BCUT2D eigenvalue weighted by Gasteiger charge is 2.33. The number of methoxy groups -OCH3 is 1. The number of hydrogen-bond donors (Lipinski definition) is 1. The maximum Gasteiger partial charge on any atom is 0.323 e. The van der Waals surface area contributed by atoms with Crippen LogP contribution in [0.5, 0.6) is 0 Å². The Hall–Kier alpha value is -2.37. The van der Waals surface area contributed by atoms with E-state index in [1.165, 1.54) is 7.11 Å². The lowest BCUT2D eigenvalue weighted by Crippen LogP contribution is -2.49. The quantitative estimate of drug-likeness (QED) is 0.837. The van der Waals surface area contributed by atoms with Crippen molar-refractivity contribution >= 4 is 29.2 Å². The number of ether oxygens (including phenoxy) is 1. The van der Waals surface area contributed by atoms with Crippen molar-refractivity contribution in [1.29, 1.82) is 0 Å². The summed E-state index contributed by atoms with van der Waals surface area (Å²) in [5, 5.41) is 3.31. The van der Waals surface area contributed by atoms with E-state index in [0.717, 1.165) is 16.7 Å². The fourth-order valence-corrected chi connectivity index (χ4v) is 3.49. The van der Waals surface area contributed by atoms with Gasteiger partial charge in [-0.15, -0.1) is 0 Å². The lowest BCUT2D eigenvalue weighted by atomic mass is 9.94. The molecule has 1 atom stereocenters. The van der Waals surface area contributed by atoms with E-state index in [2.05, 4.69) is 5.32 Å². The minimum Gasteiger partial charge on any atom is -0.468 e. The number of nitrogens with zero attached hydrogens (tertiary/aromatic N) is 1. The molecule has 2 aromatic rings. The van der Waals surface area contributed by atoms with Crippen molar-refractivity contribution in [3.05, 3.63) is 64.2 Å². The molecule has 1 N–H and O–H groups in total. The molecule has 1 amide bonds. The molecule has 3 rings (SSSR count). The summed E-state index contributed by atoms with van der Waals surface area (Å²) in [4.78, 5) is 26.6. The van der Waals surface area contributed by atoms with Crippen molar-refractivity contribution in [2.75, 3.05) is 19.0 Å². The summed E-state index contributed by atoms with van der Waals surface area (Å²) in [5.74, 6) is -0.551. The average molecular weight is 373 g/mol. The van der Waals surface area contributed by atoms with Crippen molar-refractivity contribution < 1.29 is 14.3 Å². The third-order valence-corrected chi connectivity index (χ3v) is 4.88. The molecule has 0 spiro atoms. The zero-order chi connectivity index (χ0) is 18.7. The summed E-state index contributed by atoms with van der Waals surface area (Å²) < 4.78 is 4.93. The number of fused-ring (bicyclic) bond motifs is 1. The van der Waals surface area contributed by atoms with Gasteiger partial charge in [0.25, 0.3) is 0 Å². The zero-order valence-corrected chi connectivity index (χ0v) is 15.5. The minimum atomic E-state index is -0.478. The smallest absolute Gasteiger partial charge is 0.323 e. The number of nitrogens with one attached hydrogen (secondary N) is 1. The van der Waals surface area contributed by atoms with Crippen molar-refractivity contribution in [3.8, 4) is 0 Å². The predicted octanol–water partition coefficient (Wildman–Crippen LogP) is 3.19. The molecule has 6 heteroatoms. The molecule has 0 fully saturated rings. The van der Waals surface area contributed by atoms with Crippen LogP contribution >= 0.6 is 11.6 Å². The fourth-order valence-electron chi connectivity index (χ4n) is 3.21. The van der Waals surface area contributed by atoms with Gasteiger partial charge < -0.3 is 10.1 Å². The number of esters is 1. The van der Waals surface area contributed by atoms with Crippen LogP contribution in [-0.2, 0) is 27.3 Å². The number of carbonyl (C=O) groups is 2. The van der Waals surface area contributed by atoms with E-state index in [1.807, 2.05) is 42.2 Å². The Labute approximate surface area is 157 Å². The summed E-state index contributed by atoms with van der Waals surface area (Å²) in [6, 6.07) is 12.9. The second-order valence-electron chi connectivity index (χ2n) is 6.45. The van der Waals surface area contributed by atoms with Gasteiger partial charge in [0, 0.05) is 6.54 Å². The van der Waals surface area contributed by atoms with Gasteiger partial charge in [-0.1, -0.05) is 41.9 Å². The second kappa shape index (κ2) is 7.89. The first-order valence-electron chi connectivity index (χ1n) is 8.42. The molecule has 26 heavy (non-hydrogen) atoms. The van der Waals surface area contributed by atoms with Crippen molar-refractivity contribution in [3.63, 3.8) is 0 Å². The molecule has 1 aliphatic heterocycles. The van der Waals surface area contributed by atoms with Gasteiger partial charge in [-0.2, -0.15) is 0 Å². The Morgan fingerprint density at radius 2 is 1.96 bits per heavy atom. The Morgan fingerprint density at radius 1 is 1.23 bits per heavy atom. The topological polar surface area (TPSA) is 58.6 Å². The summed E-state index contributed by atoms with van der Waals surface area (Å²) in [5.41, 5.74) is 3.82. The number of rotatable bonds is 4. The van der Waals surface area contributed by atoms with Gasteiger partial charge in [0.05, 0.1) is 24.4 Å². The van der Waals surface area contributed by atoms with Crippen LogP contribution in [0.1, 0.15) is 16.7 Å². The van der Waals surface area contributed by atoms with Gasteiger partial charge in [-0.25, -0.2) is 0 Å². The molecule has 2 aromatic carbocycles. The molecule has 136 valence electrons. The van der Waals surface area contributed by atoms with Crippen LogP contribution in [0.15, 0.2) is 42.5 Å². The van der Waals surface area contributed by atoms with Gasteiger partial charge in [-0.3, -0.25) is 14.5 Å². The van der Waals surface area contributed by atoms with Crippen molar-refractivity contribution in [1.82, 2.24) is 4.90 Å². The molecule has 1 aliphatic rings. The zero-order valence-electron chi connectivity index (χ0n) is 14.8. The summed E-state index contributed by atoms with van der Waals surface area (Å²) in [6.45, 7) is 2.53. The van der Waals surface area contributed by atoms with Crippen LogP contribution < -0.4 is 5.32 Å². The fraction of sp³-hybridized carbons (Fsp3) is 0.300. The van der Waals surface area contributed by atoms with Gasteiger partial charge in [0.2, 0.25) is 5.91 Å². The third-order valence-electron chi connectivity index (χ3n) is 4.56. The Morgan fingerprint density at radius 3 is 2.65 bits per heavy atom. The average Bonchev–Trinajstić information content (AvgIpc) is 2.63. The lowest BCUT2D eigenvalue weighted by molar-refractivity contribution is -0.148. The first-order valence-corrected chi connectivity index (χ1v) is 8.80. The van der Waals surface area contributed by atoms with E-state index < -0.39 is 6.04 Å². The Balaban J connectivity index is 1.75. The second-order valence-corrected chi connectivity index (χ2v) is 6.86. The monoisotopic (exact) mass is 372 g/mol. The van der Waals surface area contributed by atoms with Crippen LogP contribution in [0.4, 0.5) is 5.69 Å². The van der Waals surface area contributed by atoms with Gasteiger partial charge in [0.15, 0.2) is 0 Å². The number of carbonyl (C=O) groups excluding carboxylic acids is 2. The predicted molar refractivity (Wildman–Crippen MR) is 101 cm³/mol. The molecule has 0 unspecified atom stereocenters.